The molecule has 17 heavy (non-hydrogen) atoms. The van der Waals surface area contributed by atoms with Gasteiger partial charge in [0.05, 0.1) is 19.1 Å². The number of ether oxygens (including phenoxy) is 2. The Hall–Kier alpha value is -1.42. The number of amidine groups is 1. The molecular weight excluding hydrogens is 240 g/mol. The van der Waals surface area contributed by atoms with Gasteiger partial charge in [0.2, 0.25) is 0 Å². The maximum absolute atomic E-state index is 5.62. The van der Waals surface area contributed by atoms with Crippen LogP contribution in [0.1, 0.15) is 13.8 Å². The molecule has 0 spiro atoms. The maximum atomic E-state index is 5.62. The molecule has 0 amide bonds. The summed E-state index contributed by atoms with van der Waals surface area (Å²) in [7, 11) is 0. The minimum Gasteiger partial charge on any atom is -0.494 e. The summed E-state index contributed by atoms with van der Waals surface area (Å²) in [6.07, 6.45) is 0. The molecule has 0 saturated heterocycles. The summed E-state index contributed by atoms with van der Waals surface area (Å²) < 4.78 is 10.9. The fraction of sp³-hybridized carbons (Fsp3) is 0.417. The van der Waals surface area contributed by atoms with Gasteiger partial charge < -0.3 is 15.2 Å². The zero-order valence-corrected chi connectivity index (χ0v) is 10.8. The van der Waals surface area contributed by atoms with Gasteiger partial charge in [-0.05, 0) is 26.0 Å². The molecule has 0 heterocycles. The van der Waals surface area contributed by atoms with E-state index >= 15 is 0 Å². The van der Waals surface area contributed by atoms with E-state index in [4.69, 9.17) is 26.8 Å². The van der Waals surface area contributed by atoms with Crippen molar-refractivity contribution in [1.29, 1.82) is 0 Å². The van der Waals surface area contributed by atoms with Crippen molar-refractivity contribution in [3.8, 4) is 11.5 Å². The fourth-order valence-electron chi connectivity index (χ4n) is 1.30. The second-order valence-corrected chi connectivity index (χ2v) is 3.50. The number of nitrogens with zero attached hydrogens (tertiary/aromatic N) is 1. The Morgan fingerprint density at radius 3 is 2.59 bits per heavy atom. The Bertz CT molecular complexity index is 394. The first-order valence-corrected chi connectivity index (χ1v) is 6.03. The molecule has 0 radical (unpaired) electrons. The first-order chi connectivity index (χ1) is 8.21. The van der Waals surface area contributed by atoms with Gasteiger partial charge in [0, 0.05) is 6.07 Å². The van der Waals surface area contributed by atoms with Crippen molar-refractivity contribution in [3.05, 3.63) is 18.2 Å². The predicted octanol–water partition coefficient (Wildman–Crippen LogP) is 2.71. The molecule has 0 bridgehead atoms. The first kappa shape index (κ1) is 13.6. The molecule has 0 fully saturated rings. The molecule has 0 aliphatic heterocycles. The molecule has 2 N–H and O–H groups in total. The number of hydrogen-bond donors (Lipinski definition) is 1. The molecule has 1 rings (SSSR count). The van der Waals surface area contributed by atoms with Crippen LogP contribution in [0.2, 0.25) is 0 Å². The monoisotopic (exact) mass is 256 g/mol. The number of benzene rings is 1. The van der Waals surface area contributed by atoms with Crippen molar-refractivity contribution in [3.63, 3.8) is 0 Å². The molecule has 4 nitrogen and oxygen atoms in total. The zero-order chi connectivity index (χ0) is 12.7. The van der Waals surface area contributed by atoms with E-state index in [-0.39, 0.29) is 5.88 Å². The summed E-state index contributed by atoms with van der Waals surface area (Å²) >= 11 is 5.60. The van der Waals surface area contributed by atoms with Crippen molar-refractivity contribution in [1.82, 2.24) is 0 Å². The molecule has 0 unspecified atom stereocenters. The zero-order valence-electron chi connectivity index (χ0n) is 10.1. The summed E-state index contributed by atoms with van der Waals surface area (Å²) in [5, 5.41) is 0. The molecule has 1 aromatic rings. The molecule has 0 aromatic heterocycles. The number of hydrogen-bond acceptors (Lipinski definition) is 3. The molecule has 0 aliphatic rings. The fourth-order valence-corrected chi connectivity index (χ4v) is 1.36. The molecule has 1 aromatic carbocycles. The lowest BCUT2D eigenvalue weighted by molar-refractivity contribution is 0.331. The molecule has 0 saturated carbocycles. The average molecular weight is 257 g/mol. The van der Waals surface area contributed by atoms with Crippen LogP contribution < -0.4 is 15.2 Å². The highest BCUT2D eigenvalue weighted by Gasteiger charge is 2.05. The lowest BCUT2D eigenvalue weighted by Gasteiger charge is -2.09. The molecule has 0 atom stereocenters. The van der Waals surface area contributed by atoms with Gasteiger partial charge in [-0.3, -0.25) is 0 Å². The average Bonchev–Trinajstić information content (AvgIpc) is 2.33. The lowest BCUT2D eigenvalue weighted by atomic mass is 10.2. The predicted molar refractivity (Wildman–Crippen MR) is 70.8 cm³/mol. The Morgan fingerprint density at radius 2 is 2.00 bits per heavy atom. The van der Waals surface area contributed by atoms with Crippen molar-refractivity contribution >= 4 is 23.1 Å². The van der Waals surface area contributed by atoms with Gasteiger partial charge in [-0.1, -0.05) is 0 Å². The Balaban J connectivity index is 3.06. The van der Waals surface area contributed by atoms with Crippen LogP contribution in [0.25, 0.3) is 0 Å². The van der Waals surface area contributed by atoms with Crippen LogP contribution >= 0.6 is 11.6 Å². The maximum Gasteiger partial charge on any atom is 0.145 e. The van der Waals surface area contributed by atoms with E-state index in [0.29, 0.717) is 30.5 Å². The minimum absolute atomic E-state index is 0.185. The van der Waals surface area contributed by atoms with Gasteiger partial charge in [0.1, 0.15) is 23.0 Å². The van der Waals surface area contributed by atoms with E-state index in [1.807, 2.05) is 26.0 Å². The Kier molecular flexibility index (Phi) is 5.63. The van der Waals surface area contributed by atoms with Crippen LogP contribution in [0, 0.1) is 0 Å². The van der Waals surface area contributed by atoms with Crippen LogP contribution in [0.5, 0.6) is 11.5 Å². The highest BCUT2D eigenvalue weighted by Crippen LogP contribution is 2.31. The van der Waals surface area contributed by atoms with Gasteiger partial charge in [-0.2, -0.15) is 0 Å². The number of rotatable bonds is 6. The van der Waals surface area contributed by atoms with E-state index in [1.54, 1.807) is 6.07 Å². The molecule has 94 valence electrons. The second kappa shape index (κ2) is 7.01. The molecule has 0 aliphatic carbocycles. The van der Waals surface area contributed by atoms with Gasteiger partial charge in [0.25, 0.3) is 0 Å². The van der Waals surface area contributed by atoms with Crippen molar-refractivity contribution in [2.24, 2.45) is 10.7 Å². The van der Waals surface area contributed by atoms with E-state index in [1.165, 1.54) is 0 Å². The van der Waals surface area contributed by atoms with Crippen molar-refractivity contribution in [2.75, 3.05) is 19.1 Å². The third-order valence-electron chi connectivity index (χ3n) is 1.94. The van der Waals surface area contributed by atoms with Gasteiger partial charge >= 0.3 is 0 Å². The second-order valence-electron chi connectivity index (χ2n) is 3.23. The first-order valence-electron chi connectivity index (χ1n) is 5.49. The summed E-state index contributed by atoms with van der Waals surface area (Å²) in [6, 6.07) is 5.44. The highest BCUT2D eigenvalue weighted by molar-refractivity contribution is 6.28. The van der Waals surface area contributed by atoms with Crippen LogP contribution in [-0.4, -0.2) is 24.9 Å². The smallest absolute Gasteiger partial charge is 0.145 e. The molecular formula is C12H17ClN2O2. The SMILES string of the molecule is CCOc1ccc(OCC)c(N=C(N)CCl)c1. The summed E-state index contributed by atoms with van der Waals surface area (Å²) in [5.41, 5.74) is 6.25. The Labute approximate surface area is 106 Å². The van der Waals surface area contributed by atoms with E-state index in [0.717, 1.165) is 5.75 Å². The van der Waals surface area contributed by atoms with E-state index in [2.05, 4.69) is 4.99 Å². The minimum atomic E-state index is 0.185. The topological polar surface area (TPSA) is 56.8 Å². The van der Waals surface area contributed by atoms with Crippen LogP contribution in [0.3, 0.4) is 0 Å². The van der Waals surface area contributed by atoms with Crippen molar-refractivity contribution in [2.45, 2.75) is 13.8 Å². The number of halogens is 1. The number of aliphatic imine (C=N–C) groups is 1. The van der Waals surface area contributed by atoms with E-state index in [9.17, 15) is 0 Å². The van der Waals surface area contributed by atoms with Crippen LogP contribution in [0.15, 0.2) is 23.2 Å². The van der Waals surface area contributed by atoms with Crippen molar-refractivity contribution < 1.29 is 9.47 Å². The Morgan fingerprint density at radius 1 is 1.29 bits per heavy atom. The normalized spacial score (nSPS) is 11.4. The summed E-state index contributed by atoms with van der Waals surface area (Å²) in [4.78, 5) is 4.20. The standard InChI is InChI=1S/C12H17ClN2O2/c1-3-16-9-5-6-11(17-4-2)10(7-9)15-12(14)8-13/h5-7H,3-4,8H2,1-2H3,(H2,14,15). The largest absolute Gasteiger partial charge is 0.494 e. The number of nitrogens with two attached hydrogens (primary N) is 1. The quantitative estimate of drug-likeness (QED) is 0.484. The van der Waals surface area contributed by atoms with Crippen LogP contribution in [0.4, 0.5) is 5.69 Å². The van der Waals surface area contributed by atoms with Gasteiger partial charge in [-0.15, -0.1) is 11.6 Å². The number of alkyl halides is 1. The highest BCUT2D eigenvalue weighted by atomic mass is 35.5. The summed E-state index contributed by atoms with van der Waals surface area (Å²) in [6.45, 7) is 5.00. The molecule has 5 heteroatoms. The summed E-state index contributed by atoms with van der Waals surface area (Å²) in [5.74, 6) is 1.94. The van der Waals surface area contributed by atoms with Gasteiger partial charge in [-0.25, -0.2) is 4.99 Å². The third kappa shape index (κ3) is 4.15. The third-order valence-corrected chi connectivity index (χ3v) is 2.22. The van der Waals surface area contributed by atoms with Gasteiger partial charge in [0.15, 0.2) is 0 Å². The van der Waals surface area contributed by atoms with Crippen LogP contribution in [-0.2, 0) is 0 Å². The lowest BCUT2D eigenvalue weighted by Crippen LogP contribution is -2.12. The van der Waals surface area contributed by atoms with E-state index < -0.39 is 0 Å².